The van der Waals surface area contributed by atoms with Gasteiger partial charge in [-0.15, -0.1) is 0 Å². The van der Waals surface area contributed by atoms with Crippen molar-refractivity contribution in [3.05, 3.63) is 48.0 Å². The summed E-state index contributed by atoms with van der Waals surface area (Å²) in [6, 6.07) is 13.1. The molecule has 0 radical (unpaired) electrons. The summed E-state index contributed by atoms with van der Waals surface area (Å²) < 4.78 is 0. The lowest BCUT2D eigenvalue weighted by Crippen LogP contribution is -2.50. The molecule has 0 saturated heterocycles. The minimum absolute atomic E-state index is 0.210. The Balaban J connectivity index is 1.54. The lowest BCUT2D eigenvalue weighted by molar-refractivity contribution is 0.0935. The number of carbonyl (C=O) groups is 2. The van der Waals surface area contributed by atoms with Crippen LogP contribution in [0.4, 0.5) is 4.79 Å². The molecule has 0 spiro atoms. The summed E-state index contributed by atoms with van der Waals surface area (Å²) in [4.78, 5) is 24.0. The monoisotopic (exact) mass is 311 g/mol. The number of urea groups is 1. The molecule has 5 nitrogen and oxygen atoms in total. The third kappa shape index (κ3) is 4.00. The van der Waals surface area contributed by atoms with E-state index in [-0.39, 0.29) is 18.0 Å². The fourth-order valence-electron chi connectivity index (χ4n) is 2.98. The quantitative estimate of drug-likeness (QED) is 0.746. The van der Waals surface area contributed by atoms with Gasteiger partial charge in [-0.1, -0.05) is 49.6 Å². The molecule has 0 aromatic heterocycles. The number of nitrogens with one attached hydrogen (secondary N) is 3. The highest BCUT2D eigenvalue weighted by Crippen LogP contribution is 2.17. The minimum Gasteiger partial charge on any atom is -0.334 e. The van der Waals surface area contributed by atoms with E-state index in [2.05, 4.69) is 16.2 Å². The van der Waals surface area contributed by atoms with Crippen molar-refractivity contribution in [2.24, 2.45) is 0 Å². The van der Waals surface area contributed by atoms with Crippen LogP contribution in [0, 0.1) is 0 Å². The topological polar surface area (TPSA) is 70.2 Å². The summed E-state index contributed by atoms with van der Waals surface area (Å²) in [5, 5.41) is 4.96. The molecule has 3 N–H and O–H groups in total. The molecule has 23 heavy (non-hydrogen) atoms. The van der Waals surface area contributed by atoms with Gasteiger partial charge in [0.05, 0.1) is 0 Å². The van der Waals surface area contributed by atoms with Crippen LogP contribution in [0.2, 0.25) is 0 Å². The molecule has 2 aromatic carbocycles. The van der Waals surface area contributed by atoms with Gasteiger partial charge in [0.1, 0.15) is 0 Å². The van der Waals surface area contributed by atoms with E-state index in [0.29, 0.717) is 5.56 Å². The van der Waals surface area contributed by atoms with E-state index in [9.17, 15) is 9.59 Å². The number of hydrazine groups is 1. The van der Waals surface area contributed by atoms with E-state index >= 15 is 0 Å². The van der Waals surface area contributed by atoms with Crippen LogP contribution in [0.3, 0.4) is 0 Å². The van der Waals surface area contributed by atoms with E-state index in [1.807, 2.05) is 36.4 Å². The molecule has 1 aliphatic carbocycles. The molecule has 3 rings (SSSR count). The third-order valence-corrected chi connectivity index (χ3v) is 4.24. The molecule has 120 valence electrons. The molecule has 0 aliphatic heterocycles. The fourth-order valence-corrected chi connectivity index (χ4v) is 2.98. The second-order valence-corrected chi connectivity index (χ2v) is 5.95. The number of hydrogen-bond donors (Lipinski definition) is 3. The van der Waals surface area contributed by atoms with Gasteiger partial charge in [0.15, 0.2) is 0 Å². The Morgan fingerprint density at radius 1 is 0.870 bits per heavy atom. The summed E-state index contributed by atoms with van der Waals surface area (Å²) >= 11 is 0. The number of amides is 3. The van der Waals surface area contributed by atoms with Crippen LogP contribution in [-0.2, 0) is 0 Å². The zero-order chi connectivity index (χ0) is 16.1. The van der Waals surface area contributed by atoms with Gasteiger partial charge in [-0.25, -0.2) is 10.2 Å². The highest BCUT2D eigenvalue weighted by molar-refractivity contribution is 5.99. The highest BCUT2D eigenvalue weighted by atomic mass is 16.2. The van der Waals surface area contributed by atoms with Crippen molar-refractivity contribution in [1.29, 1.82) is 0 Å². The molecule has 3 amide bonds. The van der Waals surface area contributed by atoms with Gasteiger partial charge < -0.3 is 5.32 Å². The molecule has 2 aromatic rings. The first-order valence-electron chi connectivity index (χ1n) is 8.08. The Kier molecular flexibility index (Phi) is 4.76. The van der Waals surface area contributed by atoms with Crippen molar-refractivity contribution >= 4 is 22.7 Å². The van der Waals surface area contributed by atoms with Gasteiger partial charge in [-0.2, -0.15) is 0 Å². The smallest absolute Gasteiger partial charge is 0.333 e. The van der Waals surface area contributed by atoms with Gasteiger partial charge in [0.2, 0.25) is 0 Å². The van der Waals surface area contributed by atoms with Crippen LogP contribution in [0.15, 0.2) is 42.5 Å². The molecule has 0 bridgehead atoms. The normalized spacial score (nSPS) is 15.1. The first-order chi connectivity index (χ1) is 11.2. The molecule has 0 heterocycles. The van der Waals surface area contributed by atoms with E-state index in [4.69, 9.17) is 0 Å². The van der Waals surface area contributed by atoms with E-state index in [1.54, 1.807) is 6.07 Å². The fraction of sp³-hybridized carbons (Fsp3) is 0.333. The Labute approximate surface area is 135 Å². The summed E-state index contributed by atoms with van der Waals surface area (Å²) in [6.07, 6.45) is 5.54. The lowest BCUT2D eigenvalue weighted by Gasteiger charge is -2.22. The third-order valence-electron chi connectivity index (χ3n) is 4.24. The summed E-state index contributed by atoms with van der Waals surface area (Å²) in [5.74, 6) is -0.324. The number of benzene rings is 2. The van der Waals surface area contributed by atoms with Crippen LogP contribution in [0.25, 0.3) is 10.8 Å². The second kappa shape index (κ2) is 7.13. The maximum Gasteiger partial charge on any atom is 0.333 e. The van der Waals surface area contributed by atoms with Crippen molar-refractivity contribution in [1.82, 2.24) is 16.2 Å². The molecule has 0 atom stereocenters. The van der Waals surface area contributed by atoms with Gasteiger partial charge >= 0.3 is 6.03 Å². The van der Waals surface area contributed by atoms with Crippen LogP contribution >= 0.6 is 0 Å². The van der Waals surface area contributed by atoms with E-state index < -0.39 is 0 Å². The van der Waals surface area contributed by atoms with Crippen molar-refractivity contribution in [3.63, 3.8) is 0 Å². The molecular formula is C18H21N3O2. The molecule has 1 aliphatic rings. The zero-order valence-electron chi connectivity index (χ0n) is 13.0. The van der Waals surface area contributed by atoms with Gasteiger partial charge in [0, 0.05) is 11.6 Å². The van der Waals surface area contributed by atoms with Crippen molar-refractivity contribution < 1.29 is 9.59 Å². The van der Waals surface area contributed by atoms with Gasteiger partial charge in [0.25, 0.3) is 5.91 Å². The van der Waals surface area contributed by atoms with Crippen LogP contribution in [0.5, 0.6) is 0 Å². The van der Waals surface area contributed by atoms with E-state index in [1.165, 1.54) is 6.42 Å². The molecule has 5 heteroatoms. The first kappa shape index (κ1) is 15.3. The number of carbonyl (C=O) groups excluding carboxylic acids is 2. The standard InChI is InChI=1S/C18H21N3O2/c22-17(15-11-10-13-6-4-5-7-14(13)12-15)20-21-18(23)19-16-8-2-1-3-9-16/h4-7,10-12,16H,1-3,8-9H2,(H,20,22)(H2,19,21,23). The van der Waals surface area contributed by atoms with Crippen LogP contribution < -0.4 is 16.2 Å². The number of hydrogen-bond acceptors (Lipinski definition) is 2. The SMILES string of the molecule is O=C(NNC(=O)c1ccc2ccccc2c1)NC1CCCCC1. The van der Waals surface area contributed by atoms with Crippen molar-refractivity contribution in [2.45, 2.75) is 38.1 Å². The summed E-state index contributed by atoms with van der Waals surface area (Å²) in [5.41, 5.74) is 5.39. The van der Waals surface area contributed by atoms with Crippen LogP contribution in [-0.4, -0.2) is 18.0 Å². The molecule has 1 fully saturated rings. The van der Waals surface area contributed by atoms with Gasteiger partial charge in [-0.05, 0) is 35.7 Å². The maximum absolute atomic E-state index is 12.1. The summed E-state index contributed by atoms with van der Waals surface area (Å²) in [6.45, 7) is 0. The lowest BCUT2D eigenvalue weighted by atomic mass is 9.96. The van der Waals surface area contributed by atoms with Gasteiger partial charge in [-0.3, -0.25) is 10.2 Å². The molecule has 0 unspecified atom stereocenters. The predicted octanol–water partition coefficient (Wildman–Crippen LogP) is 3.12. The van der Waals surface area contributed by atoms with Crippen LogP contribution in [0.1, 0.15) is 42.5 Å². The Hall–Kier alpha value is -2.56. The minimum atomic E-state index is -0.356. The molecule has 1 saturated carbocycles. The average Bonchev–Trinajstić information content (AvgIpc) is 2.60. The number of rotatable bonds is 2. The van der Waals surface area contributed by atoms with Crippen molar-refractivity contribution in [3.8, 4) is 0 Å². The Morgan fingerprint density at radius 3 is 2.39 bits per heavy atom. The number of fused-ring (bicyclic) bond motifs is 1. The zero-order valence-corrected chi connectivity index (χ0v) is 13.0. The Morgan fingerprint density at radius 2 is 1.61 bits per heavy atom. The second-order valence-electron chi connectivity index (χ2n) is 5.95. The maximum atomic E-state index is 12.1. The Bertz CT molecular complexity index is 708. The van der Waals surface area contributed by atoms with Crippen molar-refractivity contribution in [2.75, 3.05) is 0 Å². The first-order valence-corrected chi connectivity index (χ1v) is 8.08. The largest absolute Gasteiger partial charge is 0.334 e. The predicted molar refractivity (Wildman–Crippen MR) is 90.0 cm³/mol. The summed E-state index contributed by atoms with van der Waals surface area (Å²) in [7, 11) is 0. The highest BCUT2D eigenvalue weighted by Gasteiger charge is 2.16. The average molecular weight is 311 g/mol. The van der Waals surface area contributed by atoms with E-state index in [0.717, 1.165) is 36.5 Å². The molecular weight excluding hydrogens is 290 g/mol.